The third-order valence-corrected chi connectivity index (χ3v) is 3.18. The minimum Gasteiger partial charge on any atom is -0.399 e. The van der Waals surface area contributed by atoms with Gasteiger partial charge < -0.3 is 10.5 Å². The number of nitrogen functional groups attached to an aromatic ring is 1. The van der Waals surface area contributed by atoms with E-state index in [0.29, 0.717) is 0 Å². The number of fused-ring (bicyclic) bond motifs is 2. The van der Waals surface area contributed by atoms with Crippen molar-refractivity contribution in [2.24, 2.45) is 0 Å². The Morgan fingerprint density at radius 1 is 1.43 bits per heavy atom. The summed E-state index contributed by atoms with van der Waals surface area (Å²) in [6, 6.07) is 6.09. The first-order valence-electron chi connectivity index (χ1n) is 4.91. The molecule has 3 nitrogen and oxygen atoms in total. The van der Waals surface area contributed by atoms with E-state index in [1.54, 1.807) is 0 Å². The summed E-state index contributed by atoms with van der Waals surface area (Å²) in [4.78, 5) is 2.26. The maximum absolute atomic E-state index is 5.88. The Kier molecular flexibility index (Phi) is 1.47. The van der Waals surface area contributed by atoms with Gasteiger partial charge in [-0.15, -0.1) is 0 Å². The summed E-state index contributed by atoms with van der Waals surface area (Å²) in [5.74, 6) is 0. The van der Waals surface area contributed by atoms with Crippen LogP contribution in [-0.4, -0.2) is 25.0 Å². The van der Waals surface area contributed by atoms with Crippen molar-refractivity contribution in [3.63, 3.8) is 0 Å². The second kappa shape index (κ2) is 2.49. The molecule has 1 saturated heterocycles. The van der Waals surface area contributed by atoms with Crippen molar-refractivity contribution in [1.82, 2.24) is 4.90 Å². The van der Waals surface area contributed by atoms with Gasteiger partial charge in [-0.25, -0.2) is 0 Å². The minimum atomic E-state index is -0.0422. The number of likely N-dealkylation sites (N-methyl/N-ethyl adjacent to an activating group) is 1. The number of ether oxygens (including phenoxy) is 1. The fourth-order valence-corrected chi connectivity index (χ4v) is 2.53. The molecule has 0 aromatic heterocycles. The van der Waals surface area contributed by atoms with Gasteiger partial charge in [-0.2, -0.15) is 0 Å². The maximum Gasteiger partial charge on any atom is 0.119 e. The van der Waals surface area contributed by atoms with Gasteiger partial charge in [0.2, 0.25) is 0 Å². The number of benzene rings is 1. The molecule has 0 radical (unpaired) electrons. The van der Waals surface area contributed by atoms with Gasteiger partial charge in [0.15, 0.2) is 0 Å². The molecule has 14 heavy (non-hydrogen) atoms. The van der Waals surface area contributed by atoms with Gasteiger partial charge in [-0.3, -0.25) is 4.90 Å². The van der Waals surface area contributed by atoms with Gasteiger partial charge >= 0.3 is 0 Å². The van der Waals surface area contributed by atoms with Gasteiger partial charge in [0.1, 0.15) is 5.60 Å². The monoisotopic (exact) mass is 190 g/mol. The highest BCUT2D eigenvalue weighted by molar-refractivity contribution is 5.49. The first kappa shape index (κ1) is 8.26. The standard InChI is InChI=1S/C11H14N2O/c1-13-6-11(7-13)10-4-9(12)3-2-8(10)5-14-11/h2-4H,5-7,12H2,1H3. The average molecular weight is 190 g/mol. The van der Waals surface area contributed by atoms with Crippen molar-refractivity contribution < 1.29 is 4.74 Å². The molecular weight excluding hydrogens is 176 g/mol. The van der Waals surface area contributed by atoms with Crippen molar-refractivity contribution in [3.05, 3.63) is 29.3 Å². The predicted octanol–water partition coefficient (Wildman–Crippen LogP) is 0.940. The quantitative estimate of drug-likeness (QED) is 0.619. The van der Waals surface area contributed by atoms with Crippen LogP contribution in [0, 0.1) is 0 Å². The number of rotatable bonds is 0. The summed E-state index contributed by atoms with van der Waals surface area (Å²) >= 11 is 0. The fourth-order valence-electron chi connectivity index (χ4n) is 2.53. The van der Waals surface area contributed by atoms with Crippen molar-refractivity contribution in [2.75, 3.05) is 25.9 Å². The van der Waals surface area contributed by atoms with Crippen LogP contribution in [0.25, 0.3) is 0 Å². The number of anilines is 1. The van der Waals surface area contributed by atoms with Crippen LogP contribution in [0.5, 0.6) is 0 Å². The summed E-state index contributed by atoms with van der Waals surface area (Å²) in [6.45, 7) is 2.72. The first-order valence-corrected chi connectivity index (χ1v) is 4.91. The molecule has 0 saturated carbocycles. The van der Waals surface area contributed by atoms with Crippen LogP contribution in [0.1, 0.15) is 11.1 Å². The Morgan fingerprint density at radius 2 is 2.21 bits per heavy atom. The predicted molar refractivity (Wildman–Crippen MR) is 54.8 cm³/mol. The highest BCUT2D eigenvalue weighted by atomic mass is 16.5. The molecule has 2 N–H and O–H groups in total. The summed E-state index contributed by atoms with van der Waals surface area (Å²) < 4.78 is 5.88. The van der Waals surface area contributed by atoms with E-state index in [9.17, 15) is 0 Å². The molecule has 2 aliphatic rings. The molecule has 3 rings (SSSR count). The molecule has 0 unspecified atom stereocenters. The van der Waals surface area contributed by atoms with Gasteiger partial charge in [0, 0.05) is 18.8 Å². The maximum atomic E-state index is 5.88. The summed E-state index contributed by atoms with van der Waals surface area (Å²) in [7, 11) is 2.11. The molecule has 74 valence electrons. The highest BCUT2D eigenvalue weighted by Gasteiger charge is 2.48. The Labute approximate surface area is 83.5 Å². The van der Waals surface area contributed by atoms with E-state index in [-0.39, 0.29) is 5.60 Å². The normalized spacial score (nSPS) is 23.5. The van der Waals surface area contributed by atoms with Gasteiger partial charge in [-0.1, -0.05) is 6.07 Å². The zero-order chi connectivity index (χ0) is 9.76. The lowest BCUT2D eigenvalue weighted by atomic mass is 9.85. The zero-order valence-electron chi connectivity index (χ0n) is 8.29. The molecule has 2 aliphatic heterocycles. The number of likely N-dealkylation sites (tertiary alicyclic amines) is 1. The van der Waals surface area contributed by atoms with E-state index in [4.69, 9.17) is 10.5 Å². The minimum absolute atomic E-state index is 0.0422. The van der Waals surface area contributed by atoms with Crippen molar-refractivity contribution >= 4 is 5.69 Å². The Bertz CT molecular complexity index is 377. The van der Waals surface area contributed by atoms with Crippen LogP contribution >= 0.6 is 0 Å². The van der Waals surface area contributed by atoms with E-state index in [1.165, 1.54) is 11.1 Å². The summed E-state index contributed by atoms with van der Waals surface area (Å²) in [5, 5.41) is 0. The molecule has 1 fully saturated rings. The number of nitrogens with two attached hydrogens (primary N) is 1. The van der Waals surface area contributed by atoms with E-state index in [2.05, 4.69) is 24.1 Å². The Hall–Kier alpha value is -1.06. The van der Waals surface area contributed by atoms with Crippen LogP contribution in [-0.2, 0) is 16.9 Å². The lowest BCUT2D eigenvalue weighted by Gasteiger charge is -2.45. The third kappa shape index (κ3) is 0.938. The molecule has 0 bridgehead atoms. The van der Waals surface area contributed by atoms with E-state index < -0.39 is 0 Å². The molecule has 3 heteroatoms. The van der Waals surface area contributed by atoms with Crippen LogP contribution in [0.3, 0.4) is 0 Å². The number of nitrogens with zero attached hydrogens (tertiary/aromatic N) is 1. The summed E-state index contributed by atoms with van der Waals surface area (Å²) in [6.07, 6.45) is 0. The smallest absolute Gasteiger partial charge is 0.119 e. The van der Waals surface area contributed by atoms with Gasteiger partial charge in [0.05, 0.1) is 6.61 Å². The largest absolute Gasteiger partial charge is 0.399 e. The van der Waals surface area contributed by atoms with Crippen molar-refractivity contribution in [2.45, 2.75) is 12.2 Å². The molecular formula is C11H14N2O. The highest BCUT2D eigenvalue weighted by Crippen LogP contribution is 2.43. The first-order chi connectivity index (χ1) is 6.70. The summed E-state index contributed by atoms with van der Waals surface area (Å²) in [5.41, 5.74) is 9.19. The SMILES string of the molecule is CN1CC2(C1)OCc1ccc(N)cc12. The molecule has 1 spiro atoms. The van der Waals surface area contributed by atoms with Gasteiger partial charge in [-0.05, 0) is 30.3 Å². The second-order valence-corrected chi connectivity index (χ2v) is 4.37. The molecule has 2 heterocycles. The lowest BCUT2D eigenvalue weighted by Crippen LogP contribution is -2.57. The van der Waals surface area contributed by atoms with Crippen LogP contribution in [0.4, 0.5) is 5.69 Å². The second-order valence-electron chi connectivity index (χ2n) is 4.37. The number of hydrogen-bond acceptors (Lipinski definition) is 3. The van der Waals surface area contributed by atoms with Crippen LogP contribution in [0.2, 0.25) is 0 Å². The molecule has 0 amide bonds. The van der Waals surface area contributed by atoms with E-state index in [1.807, 2.05) is 6.07 Å². The van der Waals surface area contributed by atoms with Crippen LogP contribution < -0.4 is 5.73 Å². The topological polar surface area (TPSA) is 38.5 Å². The average Bonchev–Trinajstić information content (AvgIpc) is 2.44. The Morgan fingerprint density at radius 3 is 2.93 bits per heavy atom. The lowest BCUT2D eigenvalue weighted by molar-refractivity contribution is -0.132. The van der Waals surface area contributed by atoms with Crippen LogP contribution in [0.15, 0.2) is 18.2 Å². The zero-order valence-corrected chi connectivity index (χ0v) is 8.29. The van der Waals surface area contributed by atoms with E-state index in [0.717, 1.165) is 25.4 Å². The Balaban J connectivity index is 2.05. The third-order valence-electron chi connectivity index (χ3n) is 3.18. The van der Waals surface area contributed by atoms with Crippen molar-refractivity contribution in [1.29, 1.82) is 0 Å². The van der Waals surface area contributed by atoms with E-state index >= 15 is 0 Å². The molecule has 0 aliphatic carbocycles. The van der Waals surface area contributed by atoms with Gasteiger partial charge in [0.25, 0.3) is 0 Å². The van der Waals surface area contributed by atoms with Crippen molar-refractivity contribution in [3.8, 4) is 0 Å². The molecule has 1 aromatic rings. The fraction of sp³-hybridized carbons (Fsp3) is 0.455. The molecule has 0 atom stereocenters. The number of hydrogen-bond donors (Lipinski definition) is 1. The molecule has 1 aromatic carbocycles.